The zero-order valence-electron chi connectivity index (χ0n) is 24.0. The van der Waals surface area contributed by atoms with Gasteiger partial charge in [0.15, 0.2) is 0 Å². The molecule has 9 heteroatoms. The largest absolute Gasteiger partial charge is 0.343 e. The van der Waals surface area contributed by atoms with Crippen LogP contribution in [0.2, 0.25) is 0 Å². The SMILES string of the molecule is CC(C)(C)CN1Cc2c(ccc3[nH]ncc23)C[C@@H](CC(=O)N2CCC(n3cc(-c4ccccc4)[nH]c3=O)CC2)C1=O. The summed E-state index contributed by atoms with van der Waals surface area (Å²) in [6, 6.07) is 13.9. The van der Waals surface area contributed by atoms with Crippen LogP contribution in [0.3, 0.4) is 0 Å². The third-order valence-corrected chi connectivity index (χ3v) is 8.43. The Hall–Kier alpha value is -4.14. The van der Waals surface area contributed by atoms with Gasteiger partial charge in [0.2, 0.25) is 11.8 Å². The minimum absolute atomic E-state index is 0.0109. The summed E-state index contributed by atoms with van der Waals surface area (Å²) in [4.78, 5) is 46.9. The first-order valence-electron chi connectivity index (χ1n) is 14.5. The van der Waals surface area contributed by atoms with Crippen molar-refractivity contribution in [2.45, 2.75) is 59.0 Å². The molecule has 2 aliphatic rings. The van der Waals surface area contributed by atoms with E-state index in [2.05, 4.69) is 42.0 Å². The van der Waals surface area contributed by atoms with Crippen molar-refractivity contribution < 1.29 is 9.59 Å². The Balaban J connectivity index is 1.16. The summed E-state index contributed by atoms with van der Waals surface area (Å²) >= 11 is 0. The van der Waals surface area contributed by atoms with Gasteiger partial charge in [-0.1, -0.05) is 57.2 Å². The average Bonchev–Trinajstić information content (AvgIpc) is 3.57. The molecule has 0 bridgehead atoms. The standard InChI is InChI=1S/C32H38N6O3/c1-32(2,3)20-37-18-26-22(9-10-27-25(26)17-33-35-27)15-23(30(37)40)16-29(39)36-13-11-24(12-14-36)38-19-28(34-31(38)41)21-7-5-4-6-8-21/h4-10,17,19,23-24H,11-16,18,20H2,1-3H3,(H,33,35)(H,34,41)/t23-/m0/s1. The molecule has 0 unspecified atom stereocenters. The number of hydrogen-bond donors (Lipinski definition) is 2. The van der Waals surface area contributed by atoms with E-state index in [9.17, 15) is 14.4 Å². The Morgan fingerprint density at radius 2 is 1.80 bits per heavy atom. The number of amides is 2. The molecular formula is C32H38N6O3. The number of H-pyrrole nitrogens is 2. The number of rotatable bonds is 5. The van der Waals surface area contributed by atoms with Gasteiger partial charge in [-0.2, -0.15) is 5.10 Å². The molecule has 2 aliphatic heterocycles. The van der Waals surface area contributed by atoms with Gasteiger partial charge < -0.3 is 14.8 Å². The van der Waals surface area contributed by atoms with Gasteiger partial charge in [0.25, 0.3) is 0 Å². The number of nitrogens with zero attached hydrogens (tertiary/aromatic N) is 4. The first kappa shape index (κ1) is 27.1. The van der Waals surface area contributed by atoms with E-state index >= 15 is 0 Å². The van der Waals surface area contributed by atoms with Crippen LogP contribution in [0.25, 0.3) is 22.2 Å². The van der Waals surface area contributed by atoms with Crippen LogP contribution in [-0.4, -0.2) is 61.0 Å². The summed E-state index contributed by atoms with van der Waals surface area (Å²) in [6.07, 6.45) is 5.86. The van der Waals surface area contributed by atoms with Crippen LogP contribution in [-0.2, 0) is 22.6 Å². The molecule has 6 rings (SSSR count). The number of carbonyl (C=O) groups is 2. The molecule has 9 nitrogen and oxygen atoms in total. The van der Waals surface area contributed by atoms with Crippen molar-refractivity contribution in [2.75, 3.05) is 19.6 Å². The van der Waals surface area contributed by atoms with Crippen molar-refractivity contribution in [2.24, 2.45) is 11.3 Å². The third-order valence-electron chi connectivity index (χ3n) is 8.43. The zero-order chi connectivity index (χ0) is 28.7. The minimum Gasteiger partial charge on any atom is -0.343 e. The number of aromatic nitrogens is 4. The highest BCUT2D eigenvalue weighted by molar-refractivity contribution is 5.89. The molecular weight excluding hydrogens is 516 g/mol. The van der Waals surface area contributed by atoms with Crippen molar-refractivity contribution >= 4 is 22.7 Å². The summed E-state index contributed by atoms with van der Waals surface area (Å²) < 4.78 is 1.77. The molecule has 1 saturated heterocycles. The number of carbonyl (C=O) groups excluding carboxylic acids is 2. The van der Waals surface area contributed by atoms with Gasteiger partial charge in [0, 0.05) is 50.2 Å². The van der Waals surface area contributed by atoms with Crippen LogP contribution in [0.1, 0.15) is 57.2 Å². The Morgan fingerprint density at radius 3 is 2.54 bits per heavy atom. The highest BCUT2D eigenvalue weighted by Crippen LogP contribution is 2.32. The molecule has 2 N–H and O–H groups in total. The monoisotopic (exact) mass is 554 g/mol. The average molecular weight is 555 g/mol. The van der Waals surface area contributed by atoms with Crippen LogP contribution in [0.5, 0.6) is 0 Å². The van der Waals surface area contributed by atoms with Crippen molar-refractivity contribution in [1.29, 1.82) is 0 Å². The highest BCUT2D eigenvalue weighted by atomic mass is 16.2. The predicted molar refractivity (Wildman–Crippen MR) is 158 cm³/mol. The topological polar surface area (TPSA) is 107 Å². The van der Waals surface area contributed by atoms with Gasteiger partial charge in [-0.15, -0.1) is 0 Å². The fraction of sp³-hybridized carbons (Fsp3) is 0.438. The van der Waals surface area contributed by atoms with Crippen LogP contribution in [0.15, 0.2) is 59.7 Å². The van der Waals surface area contributed by atoms with E-state index in [1.807, 2.05) is 58.6 Å². The highest BCUT2D eigenvalue weighted by Gasteiger charge is 2.35. The maximum absolute atomic E-state index is 13.9. The number of piperidine rings is 1. The van der Waals surface area contributed by atoms with Gasteiger partial charge in [-0.25, -0.2) is 4.79 Å². The molecule has 4 aromatic rings. The van der Waals surface area contributed by atoms with E-state index < -0.39 is 5.92 Å². The summed E-state index contributed by atoms with van der Waals surface area (Å²) in [5.41, 5.74) is 4.77. The van der Waals surface area contributed by atoms with Crippen molar-refractivity contribution in [3.05, 3.63) is 76.5 Å². The number of fused-ring (bicyclic) bond motifs is 3. The fourth-order valence-corrected chi connectivity index (χ4v) is 6.42. The van der Waals surface area contributed by atoms with Crippen molar-refractivity contribution in [3.63, 3.8) is 0 Å². The van der Waals surface area contributed by atoms with Gasteiger partial charge in [-0.3, -0.25) is 19.3 Å². The molecule has 0 saturated carbocycles. The molecule has 2 amide bonds. The second kappa shape index (κ2) is 10.7. The predicted octanol–water partition coefficient (Wildman–Crippen LogP) is 4.52. The lowest BCUT2D eigenvalue weighted by Gasteiger charge is -2.34. The summed E-state index contributed by atoms with van der Waals surface area (Å²) in [6.45, 7) is 8.68. The Labute approximate surface area is 239 Å². The molecule has 0 radical (unpaired) electrons. The Kier molecular flexibility index (Phi) is 7.05. The van der Waals surface area contributed by atoms with Crippen molar-refractivity contribution in [1.82, 2.24) is 29.5 Å². The molecule has 0 spiro atoms. The number of likely N-dealkylation sites (tertiary alicyclic amines) is 1. The van der Waals surface area contributed by atoms with Crippen molar-refractivity contribution in [3.8, 4) is 11.3 Å². The molecule has 1 atom stereocenters. The number of hydrogen-bond acceptors (Lipinski definition) is 4. The summed E-state index contributed by atoms with van der Waals surface area (Å²) in [5, 5.41) is 8.31. The molecule has 41 heavy (non-hydrogen) atoms. The van der Waals surface area contributed by atoms with Crippen LogP contribution in [0.4, 0.5) is 0 Å². The minimum atomic E-state index is -0.408. The zero-order valence-corrected chi connectivity index (χ0v) is 24.0. The second-order valence-corrected chi connectivity index (χ2v) is 12.8. The van der Waals surface area contributed by atoms with Gasteiger partial charge in [0.1, 0.15) is 0 Å². The summed E-state index contributed by atoms with van der Waals surface area (Å²) in [7, 11) is 0. The van der Waals surface area contributed by atoms with E-state index in [0.29, 0.717) is 45.4 Å². The number of aromatic amines is 2. The lowest BCUT2D eigenvalue weighted by molar-refractivity contribution is -0.142. The Bertz CT molecular complexity index is 1620. The van der Waals surface area contributed by atoms with Gasteiger partial charge >= 0.3 is 5.69 Å². The first-order chi connectivity index (χ1) is 19.7. The van der Waals surface area contributed by atoms with Crippen LogP contribution < -0.4 is 5.69 Å². The maximum atomic E-state index is 13.9. The smallest absolute Gasteiger partial charge is 0.326 e. The third kappa shape index (κ3) is 5.58. The van der Waals surface area contributed by atoms with Gasteiger partial charge in [0.05, 0.1) is 23.3 Å². The molecule has 0 aliphatic carbocycles. The van der Waals surface area contributed by atoms with E-state index in [1.54, 1.807) is 4.57 Å². The fourth-order valence-electron chi connectivity index (χ4n) is 6.42. The molecule has 2 aromatic heterocycles. The first-order valence-corrected chi connectivity index (χ1v) is 14.5. The molecule has 2 aromatic carbocycles. The maximum Gasteiger partial charge on any atom is 0.326 e. The molecule has 214 valence electrons. The van der Waals surface area contributed by atoms with E-state index in [4.69, 9.17) is 0 Å². The second-order valence-electron chi connectivity index (χ2n) is 12.8. The quantitative estimate of drug-likeness (QED) is 0.378. The van der Waals surface area contributed by atoms with Crippen LogP contribution in [0, 0.1) is 11.3 Å². The summed E-state index contributed by atoms with van der Waals surface area (Å²) in [5.74, 6) is -0.353. The van der Waals surface area contributed by atoms with E-state index in [0.717, 1.165) is 33.3 Å². The van der Waals surface area contributed by atoms with E-state index in [-0.39, 0.29) is 35.4 Å². The number of benzene rings is 2. The molecule has 1 fully saturated rings. The number of imidazole rings is 1. The lowest BCUT2D eigenvalue weighted by atomic mass is 9.92. The Morgan fingerprint density at radius 1 is 1.05 bits per heavy atom. The number of nitrogens with one attached hydrogen (secondary N) is 2. The van der Waals surface area contributed by atoms with E-state index in [1.165, 1.54) is 0 Å². The van der Waals surface area contributed by atoms with Gasteiger partial charge in [-0.05, 0) is 47.4 Å². The van der Waals surface area contributed by atoms with Crippen LogP contribution >= 0.6 is 0 Å². The lowest BCUT2D eigenvalue weighted by Crippen LogP contribution is -2.44. The normalized spacial score (nSPS) is 18.5. The molecule has 4 heterocycles.